The molecule has 1 unspecified atom stereocenters. The zero-order chi connectivity index (χ0) is 28.3. The maximum Gasteiger partial charge on any atom is 0.240 e. The van der Waals surface area contributed by atoms with Crippen molar-refractivity contribution in [2.75, 3.05) is 51.8 Å². The molecule has 1 saturated heterocycles. The van der Waals surface area contributed by atoms with Gasteiger partial charge in [0.1, 0.15) is 24.2 Å². The van der Waals surface area contributed by atoms with Gasteiger partial charge in [0.25, 0.3) is 0 Å². The largest absolute Gasteiger partial charge is 0.489 e. The van der Waals surface area contributed by atoms with Gasteiger partial charge in [0.15, 0.2) is 0 Å². The fourth-order valence-electron chi connectivity index (χ4n) is 4.82. The number of aliphatic hydroxyl groups is 1. The lowest BCUT2D eigenvalue weighted by atomic mass is 10.0. The van der Waals surface area contributed by atoms with E-state index < -0.39 is 5.60 Å². The maximum absolute atomic E-state index is 13.2. The van der Waals surface area contributed by atoms with Gasteiger partial charge in [-0.05, 0) is 58.5 Å². The highest BCUT2D eigenvalue weighted by atomic mass is 16.5. The number of nitrogens with zero attached hydrogens (tertiary/aromatic N) is 7. The summed E-state index contributed by atoms with van der Waals surface area (Å²) in [5.74, 6) is 2.02. The number of likely N-dealkylation sites (N-methyl/N-ethyl adjacent to an activating group) is 1. The van der Waals surface area contributed by atoms with Crippen molar-refractivity contribution in [1.82, 2.24) is 24.4 Å². The molecule has 3 aromatic rings. The van der Waals surface area contributed by atoms with Gasteiger partial charge in [-0.25, -0.2) is 9.50 Å². The van der Waals surface area contributed by atoms with E-state index in [1.165, 1.54) is 6.20 Å². The predicted molar refractivity (Wildman–Crippen MR) is 151 cm³/mol. The second-order valence-electron chi connectivity index (χ2n) is 11.5. The number of rotatable bonds is 9. The van der Waals surface area contributed by atoms with Crippen LogP contribution in [0, 0.1) is 17.2 Å². The summed E-state index contributed by atoms with van der Waals surface area (Å²) in [6.45, 7) is 10.5. The molecule has 39 heavy (non-hydrogen) atoms. The van der Waals surface area contributed by atoms with Crippen LogP contribution in [0.3, 0.4) is 0 Å². The minimum atomic E-state index is -0.989. The van der Waals surface area contributed by atoms with Crippen molar-refractivity contribution >= 4 is 17.2 Å². The summed E-state index contributed by atoms with van der Waals surface area (Å²) in [4.78, 5) is 24.1. The average molecular weight is 534 g/mol. The minimum Gasteiger partial charge on any atom is -0.489 e. The molecule has 0 spiro atoms. The van der Waals surface area contributed by atoms with E-state index >= 15 is 0 Å². The summed E-state index contributed by atoms with van der Waals surface area (Å²) in [6, 6.07) is 7.91. The third-order valence-electron chi connectivity index (χ3n) is 6.88. The fourth-order valence-corrected chi connectivity index (χ4v) is 4.82. The van der Waals surface area contributed by atoms with Crippen molar-refractivity contribution < 1.29 is 14.6 Å². The maximum atomic E-state index is 13.2. The van der Waals surface area contributed by atoms with E-state index in [0.717, 1.165) is 23.4 Å². The second kappa shape index (κ2) is 11.6. The lowest BCUT2D eigenvalue weighted by Crippen LogP contribution is -2.54. The van der Waals surface area contributed by atoms with Crippen LogP contribution in [0.25, 0.3) is 16.6 Å². The molecule has 208 valence electrons. The van der Waals surface area contributed by atoms with Gasteiger partial charge in [0.2, 0.25) is 5.91 Å². The van der Waals surface area contributed by atoms with Gasteiger partial charge in [-0.1, -0.05) is 13.8 Å². The van der Waals surface area contributed by atoms with Gasteiger partial charge in [0, 0.05) is 43.5 Å². The number of anilines is 1. The van der Waals surface area contributed by atoms with Gasteiger partial charge in [0.05, 0.1) is 35.1 Å². The standard InChI is InChI=1S/C29H39N7O3/c1-20(2)13-25(33(5)6)28(37)35-11-9-34(10-12-35)26-8-7-21(16-31-26)24-14-23(39-19-29(3,4)38)18-36-27(24)22(15-30)17-32-36/h7-8,14,16-18,20,25,38H,9-13,19H2,1-6H3. The first-order valence-electron chi connectivity index (χ1n) is 13.4. The van der Waals surface area contributed by atoms with Crippen molar-refractivity contribution in [2.24, 2.45) is 5.92 Å². The lowest BCUT2D eigenvalue weighted by molar-refractivity contribution is -0.137. The molecule has 1 amide bonds. The Morgan fingerprint density at radius 2 is 1.92 bits per heavy atom. The van der Waals surface area contributed by atoms with E-state index in [1.807, 2.05) is 42.1 Å². The Morgan fingerprint density at radius 1 is 1.21 bits per heavy atom. The van der Waals surface area contributed by atoms with Gasteiger partial charge in [-0.15, -0.1) is 0 Å². The molecular weight excluding hydrogens is 494 g/mol. The van der Waals surface area contributed by atoms with Crippen LogP contribution < -0.4 is 9.64 Å². The van der Waals surface area contributed by atoms with Crippen molar-refractivity contribution in [3.05, 3.63) is 42.4 Å². The smallest absolute Gasteiger partial charge is 0.240 e. The predicted octanol–water partition coefficient (Wildman–Crippen LogP) is 3.04. The molecule has 4 heterocycles. The molecule has 1 N–H and O–H groups in total. The van der Waals surface area contributed by atoms with E-state index in [1.54, 1.807) is 30.8 Å². The van der Waals surface area contributed by atoms with Crippen molar-refractivity contribution in [2.45, 2.75) is 45.8 Å². The van der Waals surface area contributed by atoms with E-state index in [2.05, 4.69) is 29.9 Å². The van der Waals surface area contributed by atoms with Gasteiger partial charge >= 0.3 is 0 Å². The number of aromatic nitrogens is 3. The summed E-state index contributed by atoms with van der Waals surface area (Å²) < 4.78 is 7.45. The monoisotopic (exact) mass is 533 g/mol. The van der Waals surface area contributed by atoms with Crippen LogP contribution in [0.5, 0.6) is 5.75 Å². The average Bonchev–Trinajstić information content (AvgIpc) is 3.32. The molecule has 1 aliphatic heterocycles. The van der Waals surface area contributed by atoms with Crippen LogP contribution in [0.1, 0.15) is 39.7 Å². The molecule has 3 aromatic heterocycles. The van der Waals surface area contributed by atoms with Crippen LogP contribution in [0.2, 0.25) is 0 Å². The molecule has 4 rings (SSSR count). The molecule has 0 aromatic carbocycles. The number of hydrogen-bond acceptors (Lipinski definition) is 8. The highest BCUT2D eigenvalue weighted by Gasteiger charge is 2.29. The highest BCUT2D eigenvalue weighted by Crippen LogP contribution is 2.31. The molecule has 0 radical (unpaired) electrons. The van der Waals surface area contributed by atoms with Crippen LogP contribution in [-0.2, 0) is 4.79 Å². The van der Waals surface area contributed by atoms with Crippen LogP contribution >= 0.6 is 0 Å². The molecule has 10 heteroatoms. The summed E-state index contributed by atoms with van der Waals surface area (Å²) in [5, 5.41) is 24.0. The number of nitriles is 1. The first-order valence-corrected chi connectivity index (χ1v) is 13.4. The number of amides is 1. The lowest BCUT2D eigenvalue weighted by Gasteiger charge is -2.38. The highest BCUT2D eigenvalue weighted by molar-refractivity contribution is 5.85. The van der Waals surface area contributed by atoms with Crippen LogP contribution in [0.15, 0.2) is 36.8 Å². The summed E-state index contributed by atoms with van der Waals surface area (Å²) in [7, 11) is 3.94. The van der Waals surface area contributed by atoms with Crippen molar-refractivity contribution in [3.63, 3.8) is 0 Å². The molecule has 1 aliphatic rings. The zero-order valence-electron chi connectivity index (χ0n) is 23.8. The molecule has 0 bridgehead atoms. The molecule has 0 aliphatic carbocycles. The number of ether oxygens (including phenoxy) is 1. The summed E-state index contributed by atoms with van der Waals surface area (Å²) >= 11 is 0. The molecular formula is C29H39N7O3. The number of carbonyl (C=O) groups is 1. The van der Waals surface area contributed by atoms with Crippen molar-refractivity contribution in [3.8, 4) is 22.9 Å². The van der Waals surface area contributed by atoms with Gasteiger partial charge in [-0.3, -0.25) is 9.69 Å². The topological polar surface area (TPSA) is 110 Å². The fraction of sp³-hybridized carbons (Fsp3) is 0.517. The quantitative estimate of drug-likeness (QED) is 0.447. The Bertz CT molecular complexity index is 1330. The SMILES string of the molecule is CC(C)CC(C(=O)N1CCN(c2ccc(-c3cc(OCC(C)(C)O)cn4ncc(C#N)c34)cn2)CC1)N(C)C. The van der Waals surface area contributed by atoms with E-state index in [4.69, 9.17) is 9.72 Å². The number of hydrogen-bond donors (Lipinski definition) is 1. The van der Waals surface area contributed by atoms with Gasteiger partial charge < -0.3 is 19.6 Å². The number of pyridine rings is 2. The molecule has 1 fully saturated rings. The Hall–Kier alpha value is -3.68. The second-order valence-corrected chi connectivity index (χ2v) is 11.5. The Morgan fingerprint density at radius 3 is 2.49 bits per heavy atom. The molecule has 0 saturated carbocycles. The minimum absolute atomic E-state index is 0.101. The Labute approximate surface area is 230 Å². The van der Waals surface area contributed by atoms with E-state index in [9.17, 15) is 15.2 Å². The van der Waals surface area contributed by atoms with Gasteiger partial charge in [-0.2, -0.15) is 10.4 Å². The number of fused-ring (bicyclic) bond motifs is 1. The number of piperazine rings is 1. The summed E-state index contributed by atoms with van der Waals surface area (Å²) in [6.07, 6.45) is 5.87. The van der Waals surface area contributed by atoms with Crippen LogP contribution in [0.4, 0.5) is 5.82 Å². The zero-order valence-corrected chi connectivity index (χ0v) is 23.8. The first-order chi connectivity index (χ1) is 18.5. The van der Waals surface area contributed by atoms with E-state index in [-0.39, 0.29) is 18.6 Å². The van der Waals surface area contributed by atoms with Crippen LogP contribution in [-0.4, -0.2) is 93.9 Å². The normalized spacial score (nSPS) is 15.2. The van der Waals surface area contributed by atoms with E-state index in [0.29, 0.717) is 48.9 Å². The molecule has 10 nitrogen and oxygen atoms in total. The Balaban J connectivity index is 1.51. The first kappa shape index (κ1) is 28.3. The summed E-state index contributed by atoms with van der Waals surface area (Å²) in [5.41, 5.74) is 1.73. The van der Waals surface area contributed by atoms with Crippen molar-refractivity contribution in [1.29, 1.82) is 5.26 Å². The Kier molecular flexibility index (Phi) is 8.42. The molecule has 1 atom stereocenters. The number of carbonyl (C=O) groups excluding carboxylic acids is 1. The third kappa shape index (κ3) is 6.67. The third-order valence-corrected chi connectivity index (χ3v) is 6.88.